The summed E-state index contributed by atoms with van der Waals surface area (Å²) in [4.78, 5) is 14.7. The molecular formula is C11H7FN4O. The molecule has 0 fully saturated rings. The number of benzene rings is 1. The van der Waals surface area contributed by atoms with Crippen LogP contribution in [0.15, 0.2) is 30.7 Å². The molecule has 6 heteroatoms. The molecule has 84 valence electrons. The van der Waals surface area contributed by atoms with Crippen LogP contribution in [0.2, 0.25) is 0 Å². The fraction of sp³-hybridized carbons (Fsp3) is 0. The maximum atomic E-state index is 13.6. The van der Waals surface area contributed by atoms with Gasteiger partial charge in [0.1, 0.15) is 29.2 Å². The Morgan fingerprint density at radius 3 is 2.94 bits per heavy atom. The van der Waals surface area contributed by atoms with Crippen LogP contribution < -0.4 is 0 Å². The lowest BCUT2D eigenvalue weighted by atomic mass is 10.2. The molecule has 3 rings (SSSR count). The number of nitrogens with one attached hydrogen (secondary N) is 1. The molecular weight excluding hydrogens is 223 g/mol. The number of rotatable bonds is 1. The quantitative estimate of drug-likeness (QED) is 0.669. The Morgan fingerprint density at radius 1 is 1.29 bits per heavy atom. The van der Waals surface area contributed by atoms with E-state index in [9.17, 15) is 9.50 Å². The molecule has 2 N–H and O–H groups in total. The SMILES string of the molecule is Oc1cccc(F)c1-c1nc2ncncc2[nH]1. The molecule has 0 spiro atoms. The molecule has 0 unspecified atom stereocenters. The minimum atomic E-state index is -0.544. The molecule has 0 aliphatic rings. The summed E-state index contributed by atoms with van der Waals surface area (Å²) in [6, 6.07) is 4.09. The number of aromatic nitrogens is 4. The van der Waals surface area contributed by atoms with E-state index in [4.69, 9.17) is 0 Å². The number of fused-ring (bicyclic) bond motifs is 1. The van der Waals surface area contributed by atoms with Gasteiger partial charge in [-0.05, 0) is 12.1 Å². The van der Waals surface area contributed by atoms with Crippen molar-refractivity contribution in [2.45, 2.75) is 0 Å². The first kappa shape index (κ1) is 9.71. The molecule has 2 aromatic heterocycles. The average Bonchev–Trinajstić information content (AvgIpc) is 2.71. The van der Waals surface area contributed by atoms with Crippen molar-refractivity contribution in [3.05, 3.63) is 36.5 Å². The highest BCUT2D eigenvalue weighted by Gasteiger charge is 2.14. The van der Waals surface area contributed by atoms with Crippen LogP contribution in [0.5, 0.6) is 5.75 Å². The first-order valence-electron chi connectivity index (χ1n) is 4.89. The Balaban J connectivity index is 2.27. The smallest absolute Gasteiger partial charge is 0.181 e. The summed E-state index contributed by atoms with van der Waals surface area (Å²) in [7, 11) is 0. The third-order valence-corrected chi connectivity index (χ3v) is 2.39. The fourth-order valence-electron chi connectivity index (χ4n) is 1.63. The minimum Gasteiger partial charge on any atom is -0.507 e. The monoisotopic (exact) mass is 230 g/mol. The van der Waals surface area contributed by atoms with Crippen molar-refractivity contribution in [3.63, 3.8) is 0 Å². The van der Waals surface area contributed by atoms with Crippen LogP contribution in [-0.2, 0) is 0 Å². The number of halogens is 1. The summed E-state index contributed by atoms with van der Waals surface area (Å²) in [5.74, 6) is -0.481. The Kier molecular flexibility index (Phi) is 2.01. The van der Waals surface area contributed by atoms with Crippen molar-refractivity contribution in [1.29, 1.82) is 0 Å². The van der Waals surface area contributed by atoms with Gasteiger partial charge in [-0.2, -0.15) is 0 Å². The maximum absolute atomic E-state index is 13.6. The predicted octanol–water partition coefficient (Wildman–Crippen LogP) is 1.86. The number of imidazole rings is 1. The molecule has 0 atom stereocenters. The molecule has 0 bridgehead atoms. The predicted molar refractivity (Wildman–Crippen MR) is 58.7 cm³/mol. The average molecular weight is 230 g/mol. The van der Waals surface area contributed by atoms with Gasteiger partial charge in [0.2, 0.25) is 0 Å². The summed E-state index contributed by atoms with van der Waals surface area (Å²) in [6.07, 6.45) is 2.89. The van der Waals surface area contributed by atoms with Crippen molar-refractivity contribution in [1.82, 2.24) is 19.9 Å². The van der Waals surface area contributed by atoms with E-state index in [1.807, 2.05) is 0 Å². The molecule has 0 saturated carbocycles. The van der Waals surface area contributed by atoms with Gasteiger partial charge in [-0.1, -0.05) is 6.07 Å². The Hall–Kier alpha value is -2.50. The summed E-state index contributed by atoms with van der Waals surface area (Å²) >= 11 is 0. The second-order valence-electron chi connectivity index (χ2n) is 3.48. The molecule has 0 radical (unpaired) electrons. The molecule has 17 heavy (non-hydrogen) atoms. The van der Waals surface area contributed by atoms with Gasteiger partial charge in [0.05, 0.1) is 11.8 Å². The van der Waals surface area contributed by atoms with Gasteiger partial charge in [-0.15, -0.1) is 0 Å². The highest BCUT2D eigenvalue weighted by atomic mass is 19.1. The number of phenolic OH excluding ortho intramolecular Hbond substituents is 1. The second kappa shape index (κ2) is 3.51. The van der Waals surface area contributed by atoms with Crippen molar-refractivity contribution in [3.8, 4) is 17.1 Å². The van der Waals surface area contributed by atoms with Gasteiger partial charge in [-0.25, -0.2) is 19.3 Å². The van der Waals surface area contributed by atoms with Gasteiger partial charge in [0, 0.05) is 0 Å². The van der Waals surface area contributed by atoms with Crippen LogP contribution in [0, 0.1) is 5.82 Å². The van der Waals surface area contributed by atoms with Crippen LogP contribution in [0.1, 0.15) is 0 Å². The van der Waals surface area contributed by atoms with Crippen LogP contribution in [0.4, 0.5) is 4.39 Å². The van der Waals surface area contributed by atoms with Crippen molar-refractivity contribution >= 4 is 11.2 Å². The van der Waals surface area contributed by atoms with Crippen LogP contribution in [0.3, 0.4) is 0 Å². The summed E-state index contributed by atoms with van der Waals surface area (Å²) in [5.41, 5.74) is 1.05. The van der Waals surface area contributed by atoms with Crippen LogP contribution in [-0.4, -0.2) is 25.0 Å². The molecule has 0 aliphatic heterocycles. The molecule has 5 nitrogen and oxygen atoms in total. The summed E-state index contributed by atoms with van der Waals surface area (Å²) in [5, 5.41) is 9.63. The van der Waals surface area contributed by atoms with Crippen molar-refractivity contribution in [2.24, 2.45) is 0 Å². The number of aromatic hydroxyl groups is 1. The van der Waals surface area contributed by atoms with Gasteiger partial charge in [-0.3, -0.25) is 0 Å². The number of H-pyrrole nitrogens is 1. The normalized spacial score (nSPS) is 10.9. The number of hydrogen-bond donors (Lipinski definition) is 2. The third kappa shape index (κ3) is 1.50. The van der Waals surface area contributed by atoms with Gasteiger partial charge in [0.25, 0.3) is 0 Å². The van der Waals surface area contributed by atoms with E-state index in [0.717, 1.165) is 0 Å². The zero-order valence-electron chi connectivity index (χ0n) is 8.55. The first-order chi connectivity index (χ1) is 8.25. The highest BCUT2D eigenvalue weighted by Crippen LogP contribution is 2.30. The van der Waals surface area contributed by atoms with E-state index in [-0.39, 0.29) is 17.1 Å². The molecule has 0 amide bonds. The van der Waals surface area contributed by atoms with Gasteiger partial charge < -0.3 is 10.1 Å². The zero-order valence-corrected chi connectivity index (χ0v) is 8.55. The fourth-order valence-corrected chi connectivity index (χ4v) is 1.63. The Morgan fingerprint density at radius 2 is 2.18 bits per heavy atom. The lowest BCUT2D eigenvalue weighted by molar-refractivity contribution is 0.471. The summed E-state index contributed by atoms with van der Waals surface area (Å²) < 4.78 is 13.6. The van der Waals surface area contributed by atoms with E-state index < -0.39 is 5.82 Å². The van der Waals surface area contributed by atoms with Crippen LogP contribution in [0.25, 0.3) is 22.6 Å². The molecule has 1 aromatic carbocycles. The molecule has 0 aliphatic carbocycles. The largest absolute Gasteiger partial charge is 0.507 e. The van der Waals surface area contributed by atoms with E-state index >= 15 is 0 Å². The molecule has 3 aromatic rings. The molecule has 2 heterocycles. The van der Waals surface area contributed by atoms with E-state index in [0.29, 0.717) is 11.2 Å². The lowest BCUT2D eigenvalue weighted by Crippen LogP contribution is -1.86. The van der Waals surface area contributed by atoms with Gasteiger partial charge in [0.15, 0.2) is 5.65 Å². The second-order valence-corrected chi connectivity index (χ2v) is 3.48. The van der Waals surface area contributed by atoms with Crippen molar-refractivity contribution in [2.75, 3.05) is 0 Å². The number of aromatic amines is 1. The minimum absolute atomic E-state index is 0.0329. The third-order valence-electron chi connectivity index (χ3n) is 2.39. The number of hydrogen-bond acceptors (Lipinski definition) is 4. The topological polar surface area (TPSA) is 74.7 Å². The number of nitrogens with zero attached hydrogens (tertiary/aromatic N) is 3. The Labute approximate surface area is 95.0 Å². The van der Waals surface area contributed by atoms with Gasteiger partial charge >= 0.3 is 0 Å². The van der Waals surface area contributed by atoms with E-state index in [1.54, 1.807) is 0 Å². The standard InChI is InChI=1S/C11H7FN4O/c12-6-2-1-3-8(17)9(6)11-15-7-4-13-5-14-10(7)16-11/h1-5,17H,(H,13,14,15,16). The van der Waals surface area contributed by atoms with E-state index in [1.165, 1.54) is 30.7 Å². The lowest BCUT2D eigenvalue weighted by Gasteiger charge is -2.01. The van der Waals surface area contributed by atoms with E-state index in [2.05, 4.69) is 19.9 Å². The highest BCUT2D eigenvalue weighted by molar-refractivity contribution is 5.76. The Bertz CT molecular complexity index is 642. The maximum Gasteiger partial charge on any atom is 0.181 e. The zero-order chi connectivity index (χ0) is 11.8. The van der Waals surface area contributed by atoms with Crippen LogP contribution >= 0.6 is 0 Å². The van der Waals surface area contributed by atoms with Crippen molar-refractivity contribution < 1.29 is 9.50 Å². The number of phenols is 1. The summed E-state index contributed by atoms with van der Waals surface area (Å²) in [6.45, 7) is 0. The first-order valence-corrected chi connectivity index (χ1v) is 4.89. The molecule has 0 saturated heterocycles.